The van der Waals surface area contributed by atoms with Crippen molar-refractivity contribution in [3.8, 4) is 0 Å². The smallest absolute Gasteiger partial charge is 0.306 e. The van der Waals surface area contributed by atoms with E-state index in [9.17, 15) is 9.59 Å². The molecule has 0 bridgehead atoms. The van der Waals surface area contributed by atoms with Crippen LogP contribution in [0.5, 0.6) is 0 Å². The molecule has 1 fully saturated rings. The number of aliphatic carboxylic acids is 1. The molecule has 0 aromatic carbocycles. The molecule has 3 rings (SSSR count). The van der Waals surface area contributed by atoms with Gasteiger partial charge in [-0.25, -0.2) is 0 Å². The molecule has 2 aliphatic rings. The molecule has 6 nitrogen and oxygen atoms in total. The fraction of sp³-hybridized carbons (Fsp3) is 0.643. The number of aromatic amines is 1. The summed E-state index contributed by atoms with van der Waals surface area (Å²) in [4.78, 5) is 23.1. The molecule has 1 saturated carbocycles. The zero-order valence-electron chi connectivity index (χ0n) is 11.3. The first-order chi connectivity index (χ1) is 9.65. The Bertz CT molecular complexity index is 530. The van der Waals surface area contributed by atoms with Gasteiger partial charge in [0.15, 0.2) is 5.69 Å². The van der Waals surface area contributed by atoms with Crippen LogP contribution in [0.2, 0.25) is 0 Å². The van der Waals surface area contributed by atoms with Crippen LogP contribution in [-0.2, 0) is 17.6 Å². The van der Waals surface area contributed by atoms with Crippen LogP contribution in [0, 0.1) is 5.92 Å². The predicted octanol–water partition coefficient (Wildman–Crippen LogP) is 1.27. The van der Waals surface area contributed by atoms with Gasteiger partial charge in [0.2, 0.25) is 0 Å². The lowest BCUT2D eigenvalue weighted by Gasteiger charge is -2.26. The molecule has 3 N–H and O–H groups in total. The lowest BCUT2D eigenvalue weighted by atomic mass is 9.86. The summed E-state index contributed by atoms with van der Waals surface area (Å²) in [5.74, 6) is -1.10. The number of amides is 1. The van der Waals surface area contributed by atoms with E-state index < -0.39 is 5.97 Å². The lowest BCUT2D eigenvalue weighted by molar-refractivity contribution is -0.142. The number of carbonyl (C=O) groups excluding carboxylic acids is 1. The van der Waals surface area contributed by atoms with Gasteiger partial charge in [0.1, 0.15) is 0 Å². The van der Waals surface area contributed by atoms with Crippen molar-refractivity contribution in [3.63, 3.8) is 0 Å². The summed E-state index contributed by atoms with van der Waals surface area (Å²) in [5.41, 5.74) is 2.67. The zero-order chi connectivity index (χ0) is 14.1. The van der Waals surface area contributed by atoms with Crippen LogP contribution < -0.4 is 5.32 Å². The first kappa shape index (κ1) is 13.1. The predicted molar refractivity (Wildman–Crippen MR) is 71.5 cm³/mol. The molecule has 1 heterocycles. The summed E-state index contributed by atoms with van der Waals surface area (Å²) < 4.78 is 0. The van der Waals surface area contributed by atoms with Crippen molar-refractivity contribution in [1.29, 1.82) is 0 Å². The summed E-state index contributed by atoms with van der Waals surface area (Å²) in [6.45, 7) is 0. The molecule has 1 aromatic heterocycles. The topological polar surface area (TPSA) is 95.1 Å². The SMILES string of the molecule is O=C(NC1CCC(C(=O)O)CC1)c1n[nH]c2c1CCC2. The van der Waals surface area contributed by atoms with E-state index in [-0.39, 0.29) is 17.9 Å². The molecule has 0 aliphatic heterocycles. The molecule has 0 atom stereocenters. The number of fused-ring (bicyclic) bond motifs is 1. The third kappa shape index (κ3) is 2.42. The van der Waals surface area contributed by atoms with Crippen LogP contribution in [0.15, 0.2) is 0 Å². The Morgan fingerprint density at radius 3 is 2.65 bits per heavy atom. The Hall–Kier alpha value is -1.85. The Kier molecular flexibility index (Phi) is 3.46. The minimum atomic E-state index is -0.722. The molecule has 0 saturated heterocycles. The van der Waals surface area contributed by atoms with Gasteiger partial charge in [-0.3, -0.25) is 14.7 Å². The number of carboxylic acid groups (broad SMARTS) is 1. The van der Waals surface area contributed by atoms with Gasteiger partial charge in [-0.05, 0) is 44.9 Å². The Balaban J connectivity index is 1.58. The molecule has 0 spiro atoms. The van der Waals surface area contributed by atoms with Crippen LogP contribution in [0.4, 0.5) is 0 Å². The molecule has 2 aliphatic carbocycles. The van der Waals surface area contributed by atoms with E-state index >= 15 is 0 Å². The Morgan fingerprint density at radius 2 is 1.95 bits per heavy atom. The molecular formula is C14H19N3O3. The molecule has 1 aromatic rings. The van der Waals surface area contributed by atoms with Gasteiger partial charge in [-0.1, -0.05) is 0 Å². The van der Waals surface area contributed by atoms with Gasteiger partial charge in [0, 0.05) is 17.3 Å². The zero-order valence-corrected chi connectivity index (χ0v) is 11.3. The third-order valence-corrected chi connectivity index (χ3v) is 4.43. The van der Waals surface area contributed by atoms with Gasteiger partial charge in [0.05, 0.1) is 5.92 Å². The third-order valence-electron chi connectivity index (χ3n) is 4.43. The van der Waals surface area contributed by atoms with Crippen LogP contribution in [-0.4, -0.2) is 33.2 Å². The average molecular weight is 277 g/mol. The highest BCUT2D eigenvalue weighted by Crippen LogP contribution is 2.26. The Labute approximate surface area is 116 Å². The van der Waals surface area contributed by atoms with Crippen LogP contribution in [0.1, 0.15) is 53.8 Å². The maximum atomic E-state index is 12.2. The van der Waals surface area contributed by atoms with Gasteiger partial charge in [-0.2, -0.15) is 5.10 Å². The minimum absolute atomic E-state index is 0.0758. The van der Waals surface area contributed by atoms with Crippen molar-refractivity contribution in [3.05, 3.63) is 17.0 Å². The number of nitrogens with one attached hydrogen (secondary N) is 2. The molecule has 20 heavy (non-hydrogen) atoms. The van der Waals surface area contributed by atoms with E-state index in [0.717, 1.165) is 43.4 Å². The summed E-state index contributed by atoms with van der Waals surface area (Å²) >= 11 is 0. The summed E-state index contributed by atoms with van der Waals surface area (Å²) in [6.07, 6.45) is 5.70. The highest BCUT2D eigenvalue weighted by atomic mass is 16.4. The Morgan fingerprint density at radius 1 is 1.20 bits per heavy atom. The van der Waals surface area contributed by atoms with E-state index in [1.54, 1.807) is 0 Å². The summed E-state index contributed by atoms with van der Waals surface area (Å²) in [6, 6.07) is 0.0758. The van der Waals surface area contributed by atoms with Crippen molar-refractivity contribution in [1.82, 2.24) is 15.5 Å². The standard InChI is InChI=1S/C14H19N3O3/c18-13(12-10-2-1-3-11(10)16-17-12)15-9-6-4-8(5-7-9)14(19)20/h8-9H,1-7H2,(H,15,18)(H,16,17)(H,19,20). The van der Waals surface area contributed by atoms with Crippen molar-refractivity contribution in [2.75, 3.05) is 0 Å². The van der Waals surface area contributed by atoms with Crippen molar-refractivity contribution >= 4 is 11.9 Å². The average Bonchev–Trinajstić information content (AvgIpc) is 3.01. The largest absolute Gasteiger partial charge is 0.481 e. The summed E-state index contributed by atoms with van der Waals surface area (Å²) in [5, 5.41) is 19.0. The first-order valence-corrected chi connectivity index (χ1v) is 7.25. The maximum Gasteiger partial charge on any atom is 0.306 e. The molecule has 0 unspecified atom stereocenters. The number of carboxylic acids is 1. The molecular weight excluding hydrogens is 258 g/mol. The van der Waals surface area contributed by atoms with Gasteiger partial charge < -0.3 is 10.4 Å². The molecule has 108 valence electrons. The highest BCUT2D eigenvalue weighted by Gasteiger charge is 2.29. The molecule has 1 amide bonds. The van der Waals surface area contributed by atoms with E-state index in [2.05, 4.69) is 15.5 Å². The number of H-pyrrole nitrogens is 1. The molecule has 6 heteroatoms. The lowest BCUT2D eigenvalue weighted by Crippen LogP contribution is -2.39. The quantitative estimate of drug-likeness (QED) is 0.775. The van der Waals surface area contributed by atoms with Crippen LogP contribution in [0.3, 0.4) is 0 Å². The second-order valence-corrected chi connectivity index (χ2v) is 5.74. The number of rotatable bonds is 3. The van der Waals surface area contributed by atoms with Gasteiger partial charge >= 0.3 is 5.97 Å². The van der Waals surface area contributed by atoms with Crippen LogP contribution >= 0.6 is 0 Å². The maximum absolute atomic E-state index is 12.2. The van der Waals surface area contributed by atoms with E-state index in [1.165, 1.54) is 0 Å². The second kappa shape index (κ2) is 5.26. The van der Waals surface area contributed by atoms with E-state index in [0.29, 0.717) is 18.5 Å². The summed E-state index contributed by atoms with van der Waals surface area (Å²) in [7, 11) is 0. The van der Waals surface area contributed by atoms with Crippen LogP contribution in [0.25, 0.3) is 0 Å². The minimum Gasteiger partial charge on any atom is -0.481 e. The van der Waals surface area contributed by atoms with Crippen molar-refractivity contribution in [2.24, 2.45) is 5.92 Å². The number of nitrogens with zero attached hydrogens (tertiary/aromatic N) is 1. The number of carbonyl (C=O) groups is 2. The first-order valence-electron chi connectivity index (χ1n) is 7.25. The fourth-order valence-electron chi connectivity index (χ4n) is 3.25. The number of aromatic nitrogens is 2. The van der Waals surface area contributed by atoms with E-state index in [4.69, 9.17) is 5.11 Å². The molecule has 0 radical (unpaired) electrons. The van der Waals surface area contributed by atoms with Gasteiger partial charge in [-0.15, -0.1) is 0 Å². The number of aryl methyl sites for hydroxylation is 1. The highest BCUT2D eigenvalue weighted by molar-refractivity contribution is 5.94. The monoisotopic (exact) mass is 277 g/mol. The second-order valence-electron chi connectivity index (χ2n) is 5.74. The van der Waals surface area contributed by atoms with E-state index in [1.807, 2.05) is 0 Å². The van der Waals surface area contributed by atoms with Gasteiger partial charge in [0.25, 0.3) is 5.91 Å². The van der Waals surface area contributed by atoms with Crippen molar-refractivity contribution < 1.29 is 14.7 Å². The number of hydrogen-bond acceptors (Lipinski definition) is 3. The number of hydrogen-bond donors (Lipinski definition) is 3. The van der Waals surface area contributed by atoms with Crippen molar-refractivity contribution in [2.45, 2.75) is 51.0 Å². The normalized spacial score (nSPS) is 25.2. The fourth-order valence-corrected chi connectivity index (χ4v) is 3.25.